The van der Waals surface area contributed by atoms with Gasteiger partial charge in [0.2, 0.25) is 27.8 Å². The number of sulfonamides is 1. The summed E-state index contributed by atoms with van der Waals surface area (Å²) in [7, 11) is -1.80. The molecule has 6 heterocycles. The quantitative estimate of drug-likeness (QED) is 0.0824. The van der Waals surface area contributed by atoms with Crippen molar-refractivity contribution < 1.29 is 32.3 Å². The van der Waals surface area contributed by atoms with Gasteiger partial charge in [-0.1, -0.05) is 12.1 Å². The van der Waals surface area contributed by atoms with Gasteiger partial charge in [-0.3, -0.25) is 33.7 Å². The van der Waals surface area contributed by atoms with E-state index < -0.39 is 39.7 Å². The number of fused-ring (bicyclic) bond motifs is 2. The van der Waals surface area contributed by atoms with E-state index in [4.69, 9.17) is 9.72 Å². The molecule has 2 atom stereocenters. The van der Waals surface area contributed by atoms with Crippen molar-refractivity contribution in [1.29, 1.82) is 0 Å². The number of hydrogen-bond acceptors (Lipinski definition) is 15. The largest absolute Gasteiger partial charge is 0.494 e. The molecule has 3 aromatic carbocycles. The Kier molecular flexibility index (Phi) is 12.9. The summed E-state index contributed by atoms with van der Waals surface area (Å²) >= 11 is 3.55. The van der Waals surface area contributed by atoms with E-state index in [9.17, 15) is 27.6 Å². The number of rotatable bonds is 15. The summed E-state index contributed by atoms with van der Waals surface area (Å²) in [6.07, 6.45) is 6.76. The highest BCUT2D eigenvalue weighted by atomic mass is 79.9. The highest BCUT2D eigenvalue weighted by Gasteiger charge is 2.45. The van der Waals surface area contributed by atoms with Gasteiger partial charge in [-0.2, -0.15) is 4.98 Å². The van der Waals surface area contributed by atoms with Crippen LogP contribution in [0.1, 0.15) is 63.9 Å². The molecule has 1 aromatic heterocycles. The highest BCUT2D eigenvalue weighted by molar-refractivity contribution is 9.10. The second kappa shape index (κ2) is 18.8. The zero-order valence-corrected chi connectivity index (χ0v) is 39.6. The van der Waals surface area contributed by atoms with Crippen molar-refractivity contribution >= 4 is 89.8 Å². The SMILES string of the molecule is COc1cc(N2CCC(NCCNC[C@@H]3CCN(c4ccc5c(c4)C(=O)N(C4CCC(=O)NC4=O)C5=O)C3)CC2)c(C)cc1Nc1ncc(Br)c(Nc2cccc3c2N(S(C)(=O)=O)CC3)n1. The van der Waals surface area contributed by atoms with Crippen LogP contribution in [0.2, 0.25) is 0 Å². The minimum Gasteiger partial charge on any atom is -0.494 e. The molecular formula is C46H54BrN11O7S. The monoisotopic (exact) mass is 983 g/mol. The predicted molar refractivity (Wildman–Crippen MR) is 256 cm³/mol. The van der Waals surface area contributed by atoms with E-state index in [1.807, 2.05) is 30.3 Å². The number of nitrogens with zero attached hydrogens (tertiary/aromatic N) is 6. The summed E-state index contributed by atoms with van der Waals surface area (Å²) in [5.41, 5.74) is 6.64. The summed E-state index contributed by atoms with van der Waals surface area (Å²) in [4.78, 5) is 65.5. The molecule has 0 radical (unpaired) electrons. The van der Waals surface area contributed by atoms with Crippen LogP contribution < -0.4 is 45.4 Å². The van der Waals surface area contributed by atoms with E-state index in [2.05, 4.69) is 70.3 Å². The minimum absolute atomic E-state index is 0.0887. The first-order valence-electron chi connectivity index (χ1n) is 22.4. The Bertz CT molecular complexity index is 2700. The average Bonchev–Trinajstić information content (AvgIpc) is 4.02. The van der Waals surface area contributed by atoms with Crippen LogP contribution in [0.15, 0.2) is 59.2 Å². The summed E-state index contributed by atoms with van der Waals surface area (Å²) in [6, 6.07) is 14.6. The number of methoxy groups -OCH3 is 1. The van der Waals surface area contributed by atoms with Crippen molar-refractivity contribution in [1.82, 2.24) is 30.8 Å². The summed E-state index contributed by atoms with van der Waals surface area (Å²) in [5, 5.41) is 16.3. The first-order chi connectivity index (χ1) is 31.7. The van der Waals surface area contributed by atoms with Crippen LogP contribution >= 0.6 is 15.9 Å². The fourth-order valence-corrected chi connectivity index (χ4v) is 11.0. The van der Waals surface area contributed by atoms with Gasteiger partial charge >= 0.3 is 0 Å². The zero-order valence-electron chi connectivity index (χ0n) is 37.2. The first kappa shape index (κ1) is 45.3. The van der Waals surface area contributed by atoms with Gasteiger partial charge in [-0.25, -0.2) is 13.4 Å². The summed E-state index contributed by atoms with van der Waals surface area (Å²) in [5.74, 6) is -0.0483. The molecule has 5 aliphatic rings. The minimum atomic E-state index is -3.45. The smallest absolute Gasteiger partial charge is 0.262 e. The number of hydrogen-bond donors (Lipinski definition) is 5. The number of piperidine rings is 2. The van der Waals surface area contributed by atoms with Gasteiger partial charge in [0.05, 0.1) is 46.0 Å². The van der Waals surface area contributed by atoms with Crippen LogP contribution in [0, 0.1) is 12.8 Å². The maximum atomic E-state index is 13.3. The molecule has 0 saturated carbocycles. The number of imide groups is 2. The number of amides is 4. The molecule has 5 aliphatic heterocycles. The molecule has 4 aromatic rings. The topological polar surface area (TPSA) is 211 Å². The average molecular weight is 985 g/mol. The number of nitrogens with one attached hydrogen (secondary N) is 5. The third kappa shape index (κ3) is 9.28. The predicted octanol–water partition coefficient (Wildman–Crippen LogP) is 4.44. The maximum absolute atomic E-state index is 13.3. The number of aryl methyl sites for hydroxylation is 1. The van der Waals surface area contributed by atoms with Crippen molar-refractivity contribution in [3.63, 3.8) is 0 Å². The number of ether oxygens (including phenoxy) is 1. The Balaban J connectivity index is 0.727. The van der Waals surface area contributed by atoms with E-state index >= 15 is 0 Å². The van der Waals surface area contributed by atoms with Gasteiger partial charge in [0, 0.05) is 81.9 Å². The van der Waals surface area contributed by atoms with Gasteiger partial charge in [0.1, 0.15) is 17.6 Å². The standard InChI is InChI=1S/C46H54BrN11O7S/c1-27-21-36(52-46-50-25-34(47)42(54-46)51-35-6-4-5-29-12-20-57(41(29)35)66(3,63)64)39(65-2)23-38(27)55-18-13-30(14-19-55)49-16-15-48-24-28-11-17-56(26-28)31-7-8-32-33(22-31)45(62)58(44(32)61)37-9-10-40(59)53-43(37)60/h4-8,21-23,25,28,30,37,48-49H,9-20,24,26H2,1-3H3,(H,53,59,60)(H2,50,51,52,54)/t28-,37?/m0/s1. The van der Waals surface area contributed by atoms with E-state index in [0.29, 0.717) is 69.4 Å². The lowest BCUT2D eigenvalue weighted by atomic mass is 10.0. The second-order valence-corrected chi connectivity index (χ2v) is 20.3. The van der Waals surface area contributed by atoms with E-state index in [0.717, 1.165) is 98.2 Å². The lowest BCUT2D eigenvalue weighted by molar-refractivity contribution is -0.136. The lowest BCUT2D eigenvalue weighted by Gasteiger charge is -2.35. The van der Waals surface area contributed by atoms with Crippen LogP contribution in [-0.4, -0.2) is 125 Å². The number of benzene rings is 3. The van der Waals surface area contributed by atoms with Gasteiger partial charge < -0.3 is 35.8 Å². The highest BCUT2D eigenvalue weighted by Crippen LogP contribution is 2.40. The Morgan fingerprint density at radius 1 is 0.879 bits per heavy atom. The molecule has 0 spiro atoms. The number of aromatic nitrogens is 2. The van der Waals surface area contributed by atoms with Crippen LogP contribution in [0.4, 0.5) is 40.2 Å². The Morgan fingerprint density at radius 2 is 1.67 bits per heavy atom. The zero-order chi connectivity index (χ0) is 46.3. The molecule has 3 fully saturated rings. The molecular weight excluding hydrogens is 931 g/mol. The molecule has 18 nitrogen and oxygen atoms in total. The fraction of sp³-hybridized carbons (Fsp3) is 0.435. The number of para-hydroxylation sites is 1. The van der Waals surface area contributed by atoms with Gasteiger partial charge in [-0.05, 0) is 109 Å². The molecule has 3 saturated heterocycles. The summed E-state index contributed by atoms with van der Waals surface area (Å²) < 4.78 is 33.0. The van der Waals surface area contributed by atoms with E-state index in [1.165, 1.54) is 10.6 Å². The summed E-state index contributed by atoms with van der Waals surface area (Å²) in [6.45, 7) is 8.56. The van der Waals surface area contributed by atoms with Gasteiger partial charge in [0.15, 0.2) is 0 Å². The third-order valence-electron chi connectivity index (χ3n) is 13.2. The fourth-order valence-electron chi connectivity index (χ4n) is 9.79. The second-order valence-electron chi connectivity index (χ2n) is 17.6. The van der Waals surface area contributed by atoms with Crippen molar-refractivity contribution in [2.45, 2.75) is 57.5 Å². The van der Waals surface area contributed by atoms with Crippen molar-refractivity contribution in [3.05, 3.63) is 81.5 Å². The molecule has 0 bridgehead atoms. The van der Waals surface area contributed by atoms with Crippen LogP contribution in [0.25, 0.3) is 0 Å². The van der Waals surface area contributed by atoms with Crippen molar-refractivity contribution in [2.24, 2.45) is 5.92 Å². The maximum Gasteiger partial charge on any atom is 0.262 e. The van der Waals surface area contributed by atoms with Crippen LogP contribution in [0.3, 0.4) is 0 Å². The molecule has 1 unspecified atom stereocenters. The Labute approximate surface area is 392 Å². The number of halogens is 1. The van der Waals surface area contributed by atoms with Crippen LogP contribution in [-0.2, 0) is 26.0 Å². The normalized spacial score (nSPS) is 19.9. The molecule has 4 amide bonds. The molecule has 66 heavy (non-hydrogen) atoms. The number of carbonyl (C=O) groups excluding carboxylic acids is 4. The lowest BCUT2D eigenvalue weighted by Crippen LogP contribution is -2.54. The molecule has 0 aliphatic carbocycles. The number of carbonyl (C=O) groups is 4. The van der Waals surface area contributed by atoms with Gasteiger partial charge in [0.25, 0.3) is 11.8 Å². The molecule has 5 N–H and O–H groups in total. The van der Waals surface area contributed by atoms with E-state index in [-0.39, 0.29) is 12.8 Å². The molecule has 348 valence electrons. The molecule has 20 heteroatoms. The Hall–Kier alpha value is -5.83. The Morgan fingerprint density at radius 3 is 2.44 bits per heavy atom. The van der Waals surface area contributed by atoms with Crippen molar-refractivity contribution in [3.8, 4) is 5.75 Å². The molecule has 9 rings (SSSR count). The van der Waals surface area contributed by atoms with Crippen molar-refractivity contribution in [2.75, 3.05) is 90.5 Å². The number of anilines is 7. The van der Waals surface area contributed by atoms with Gasteiger partial charge in [-0.15, -0.1) is 0 Å². The van der Waals surface area contributed by atoms with Crippen LogP contribution in [0.5, 0.6) is 5.75 Å². The third-order valence-corrected chi connectivity index (χ3v) is 14.9. The van der Waals surface area contributed by atoms with E-state index in [1.54, 1.807) is 25.4 Å². The first-order valence-corrected chi connectivity index (χ1v) is 25.0.